The predicted octanol–water partition coefficient (Wildman–Crippen LogP) is 1.43. The standard InChI is InChI=1S/C17H26N4O3/c1-11(2)18-16(23)10-21(5)12(3)17(24)20-15-8-6-14(7-9-15)19-13(4)22/h6-9,11-12H,10H2,1-5H3,(H,18,23)(H,19,22)(H,20,24)/t12-/m1/s1. The molecule has 0 saturated heterocycles. The SMILES string of the molecule is CC(=O)Nc1ccc(NC(=O)[C@@H](C)N(C)CC(=O)NC(C)C)cc1. The van der Waals surface area contributed by atoms with E-state index >= 15 is 0 Å². The molecule has 1 aromatic rings. The second-order valence-electron chi connectivity index (χ2n) is 6.06. The van der Waals surface area contributed by atoms with Crippen LogP contribution in [0.5, 0.6) is 0 Å². The molecule has 0 aliphatic heterocycles. The number of nitrogens with one attached hydrogen (secondary N) is 3. The third-order valence-corrected chi connectivity index (χ3v) is 3.36. The first-order chi connectivity index (χ1) is 11.2. The summed E-state index contributed by atoms with van der Waals surface area (Å²) in [7, 11) is 1.73. The van der Waals surface area contributed by atoms with E-state index < -0.39 is 6.04 Å². The molecule has 7 nitrogen and oxygen atoms in total. The number of benzene rings is 1. The smallest absolute Gasteiger partial charge is 0.241 e. The van der Waals surface area contributed by atoms with Gasteiger partial charge in [-0.25, -0.2) is 0 Å². The average molecular weight is 334 g/mol. The number of carbonyl (C=O) groups is 3. The number of hydrogen-bond donors (Lipinski definition) is 3. The largest absolute Gasteiger partial charge is 0.353 e. The minimum atomic E-state index is -0.460. The van der Waals surface area contributed by atoms with Crippen molar-refractivity contribution in [3.63, 3.8) is 0 Å². The molecular formula is C17H26N4O3. The zero-order valence-electron chi connectivity index (χ0n) is 14.8. The van der Waals surface area contributed by atoms with Crippen LogP contribution in [0.25, 0.3) is 0 Å². The Morgan fingerprint density at radius 1 is 1.00 bits per heavy atom. The summed E-state index contributed by atoms with van der Waals surface area (Å²) in [5.41, 5.74) is 1.29. The first-order valence-corrected chi connectivity index (χ1v) is 7.87. The van der Waals surface area contributed by atoms with E-state index in [2.05, 4.69) is 16.0 Å². The van der Waals surface area contributed by atoms with Gasteiger partial charge in [-0.15, -0.1) is 0 Å². The zero-order chi connectivity index (χ0) is 18.3. The van der Waals surface area contributed by atoms with E-state index in [9.17, 15) is 14.4 Å². The molecule has 3 amide bonds. The lowest BCUT2D eigenvalue weighted by molar-refractivity contribution is -0.125. The maximum absolute atomic E-state index is 12.3. The van der Waals surface area contributed by atoms with E-state index in [1.165, 1.54) is 6.92 Å². The molecule has 0 heterocycles. The van der Waals surface area contributed by atoms with Crippen LogP contribution < -0.4 is 16.0 Å². The average Bonchev–Trinajstić information content (AvgIpc) is 2.46. The molecule has 1 rings (SSSR count). The topological polar surface area (TPSA) is 90.5 Å². The number of rotatable bonds is 7. The molecule has 0 aliphatic carbocycles. The fraction of sp³-hybridized carbons (Fsp3) is 0.471. The molecule has 0 saturated carbocycles. The van der Waals surface area contributed by atoms with E-state index in [4.69, 9.17) is 0 Å². The van der Waals surface area contributed by atoms with Crippen molar-refractivity contribution in [2.24, 2.45) is 0 Å². The molecule has 0 unspecified atom stereocenters. The number of amides is 3. The highest BCUT2D eigenvalue weighted by molar-refractivity contribution is 5.95. The van der Waals surface area contributed by atoms with Crippen LogP contribution >= 0.6 is 0 Å². The van der Waals surface area contributed by atoms with Crippen LogP contribution in [0.3, 0.4) is 0 Å². The van der Waals surface area contributed by atoms with Gasteiger partial charge in [-0.3, -0.25) is 19.3 Å². The molecule has 0 radical (unpaired) electrons. The first kappa shape index (κ1) is 19.6. The summed E-state index contributed by atoms with van der Waals surface area (Å²) in [6.45, 7) is 7.10. The molecule has 0 spiro atoms. The van der Waals surface area contributed by atoms with Crippen LogP contribution in [0.1, 0.15) is 27.7 Å². The maximum Gasteiger partial charge on any atom is 0.241 e. The molecule has 1 aromatic carbocycles. The van der Waals surface area contributed by atoms with Crippen LogP contribution in [0.4, 0.5) is 11.4 Å². The van der Waals surface area contributed by atoms with Crippen molar-refractivity contribution >= 4 is 29.1 Å². The van der Waals surface area contributed by atoms with Crippen molar-refractivity contribution in [3.8, 4) is 0 Å². The van der Waals surface area contributed by atoms with Gasteiger partial charge < -0.3 is 16.0 Å². The van der Waals surface area contributed by atoms with Crippen LogP contribution in [-0.2, 0) is 14.4 Å². The minimum absolute atomic E-state index is 0.0668. The van der Waals surface area contributed by atoms with Gasteiger partial charge in [0.05, 0.1) is 12.6 Å². The van der Waals surface area contributed by atoms with Gasteiger partial charge in [-0.05, 0) is 52.1 Å². The second kappa shape index (κ2) is 9.02. The molecule has 132 valence electrons. The Labute approximate surface area is 142 Å². The fourth-order valence-corrected chi connectivity index (χ4v) is 2.02. The van der Waals surface area contributed by atoms with E-state index in [1.54, 1.807) is 43.1 Å². The second-order valence-corrected chi connectivity index (χ2v) is 6.06. The first-order valence-electron chi connectivity index (χ1n) is 7.87. The van der Waals surface area contributed by atoms with E-state index in [0.29, 0.717) is 11.4 Å². The van der Waals surface area contributed by atoms with Gasteiger partial charge in [0.25, 0.3) is 0 Å². The van der Waals surface area contributed by atoms with Crippen LogP contribution in [-0.4, -0.2) is 48.3 Å². The van der Waals surface area contributed by atoms with E-state index in [0.717, 1.165) is 0 Å². The molecule has 0 bridgehead atoms. The van der Waals surface area contributed by atoms with Crippen molar-refractivity contribution in [2.45, 2.75) is 39.8 Å². The van der Waals surface area contributed by atoms with Gasteiger partial charge in [-0.1, -0.05) is 0 Å². The third-order valence-electron chi connectivity index (χ3n) is 3.36. The van der Waals surface area contributed by atoms with Gasteiger partial charge in [0.2, 0.25) is 17.7 Å². The highest BCUT2D eigenvalue weighted by Gasteiger charge is 2.20. The molecule has 0 fully saturated rings. The van der Waals surface area contributed by atoms with Gasteiger partial charge >= 0.3 is 0 Å². The fourth-order valence-electron chi connectivity index (χ4n) is 2.02. The molecule has 0 aliphatic rings. The molecular weight excluding hydrogens is 308 g/mol. The van der Waals surface area contributed by atoms with Gasteiger partial charge in [-0.2, -0.15) is 0 Å². The van der Waals surface area contributed by atoms with Crippen LogP contribution in [0.2, 0.25) is 0 Å². The van der Waals surface area contributed by atoms with E-state index in [1.807, 2.05) is 13.8 Å². The highest BCUT2D eigenvalue weighted by Crippen LogP contribution is 2.14. The maximum atomic E-state index is 12.3. The molecule has 0 aromatic heterocycles. The Morgan fingerprint density at radius 3 is 1.96 bits per heavy atom. The summed E-state index contributed by atoms with van der Waals surface area (Å²) in [5.74, 6) is -0.476. The number of hydrogen-bond acceptors (Lipinski definition) is 4. The Kier molecular flexibility index (Phi) is 7.38. The van der Waals surface area contributed by atoms with E-state index in [-0.39, 0.29) is 30.3 Å². The normalized spacial score (nSPS) is 12.0. The Morgan fingerprint density at radius 2 is 1.50 bits per heavy atom. The lowest BCUT2D eigenvalue weighted by atomic mass is 10.2. The quantitative estimate of drug-likeness (QED) is 0.703. The van der Waals surface area contributed by atoms with Gasteiger partial charge in [0, 0.05) is 24.3 Å². The summed E-state index contributed by atoms with van der Waals surface area (Å²) in [4.78, 5) is 36.7. The zero-order valence-corrected chi connectivity index (χ0v) is 14.8. The van der Waals surface area contributed by atoms with Crippen molar-refractivity contribution in [2.75, 3.05) is 24.2 Å². The van der Waals surface area contributed by atoms with Gasteiger partial charge in [0.15, 0.2) is 0 Å². The molecule has 3 N–H and O–H groups in total. The third kappa shape index (κ3) is 6.78. The van der Waals surface area contributed by atoms with Gasteiger partial charge in [0.1, 0.15) is 0 Å². The summed E-state index contributed by atoms with van der Waals surface area (Å²) in [6, 6.07) is 6.45. The Hall–Kier alpha value is -2.41. The lowest BCUT2D eigenvalue weighted by Gasteiger charge is -2.23. The van der Waals surface area contributed by atoms with Crippen molar-refractivity contribution in [1.29, 1.82) is 0 Å². The Balaban J connectivity index is 2.56. The summed E-state index contributed by atoms with van der Waals surface area (Å²) < 4.78 is 0. The molecule has 7 heteroatoms. The Bertz CT molecular complexity index is 584. The molecule has 1 atom stereocenters. The van der Waals surface area contributed by atoms with Crippen LogP contribution in [0, 0.1) is 0 Å². The molecule has 24 heavy (non-hydrogen) atoms. The van der Waals surface area contributed by atoms with Crippen molar-refractivity contribution in [1.82, 2.24) is 10.2 Å². The number of anilines is 2. The number of nitrogens with zero attached hydrogens (tertiary/aromatic N) is 1. The monoisotopic (exact) mass is 334 g/mol. The lowest BCUT2D eigenvalue weighted by Crippen LogP contribution is -2.45. The van der Waals surface area contributed by atoms with Crippen molar-refractivity contribution < 1.29 is 14.4 Å². The van der Waals surface area contributed by atoms with Crippen LogP contribution in [0.15, 0.2) is 24.3 Å². The number of carbonyl (C=O) groups excluding carboxylic acids is 3. The van der Waals surface area contributed by atoms with Crippen molar-refractivity contribution in [3.05, 3.63) is 24.3 Å². The predicted molar refractivity (Wildman–Crippen MR) is 94.7 cm³/mol. The summed E-state index contributed by atoms with van der Waals surface area (Å²) in [5, 5.41) is 8.24. The number of likely N-dealkylation sites (N-methyl/N-ethyl adjacent to an activating group) is 1. The summed E-state index contributed by atoms with van der Waals surface area (Å²) in [6.07, 6.45) is 0. The minimum Gasteiger partial charge on any atom is -0.353 e. The highest BCUT2D eigenvalue weighted by atomic mass is 16.2. The summed E-state index contributed by atoms with van der Waals surface area (Å²) >= 11 is 0.